The van der Waals surface area contributed by atoms with Crippen molar-refractivity contribution in [3.05, 3.63) is 29.8 Å². The first-order chi connectivity index (χ1) is 11.3. The Morgan fingerprint density at radius 2 is 1.96 bits per heavy atom. The van der Waals surface area contributed by atoms with Crippen LogP contribution >= 0.6 is 12.4 Å². The molecule has 140 valence electrons. The summed E-state index contributed by atoms with van der Waals surface area (Å²) in [6.07, 6.45) is 3.03. The Morgan fingerprint density at radius 1 is 1.24 bits per heavy atom. The number of nitrogens with zero attached hydrogens (tertiary/aromatic N) is 1. The van der Waals surface area contributed by atoms with Gasteiger partial charge in [-0.25, -0.2) is 0 Å². The summed E-state index contributed by atoms with van der Waals surface area (Å²) in [6, 6.07) is 9.14. The van der Waals surface area contributed by atoms with E-state index in [9.17, 15) is 4.79 Å². The van der Waals surface area contributed by atoms with Gasteiger partial charge in [-0.3, -0.25) is 4.79 Å². The SMILES string of the molecule is CC(Oc1cccc(C(C)(C)C)c1)C(=O)N1CCC2CCC(C1)N2.Cl. The number of likely N-dealkylation sites (tertiary alicyclic amines) is 1. The highest BCUT2D eigenvalue weighted by molar-refractivity contribution is 5.85. The maximum atomic E-state index is 12.8. The molecule has 0 aliphatic carbocycles. The third kappa shape index (κ3) is 4.89. The highest BCUT2D eigenvalue weighted by atomic mass is 35.5. The molecule has 3 atom stereocenters. The van der Waals surface area contributed by atoms with Crippen LogP contribution in [0, 0.1) is 0 Å². The van der Waals surface area contributed by atoms with E-state index in [0.717, 1.165) is 25.3 Å². The number of ether oxygens (including phenoxy) is 1. The highest BCUT2D eigenvalue weighted by Gasteiger charge is 2.33. The fourth-order valence-corrected chi connectivity index (χ4v) is 3.69. The van der Waals surface area contributed by atoms with Gasteiger partial charge in [0.2, 0.25) is 0 Å². The Bertz CT molecular complexity index is 600. The Balaban J connectivity index is 0.00000225. The highest BCUT2D eigenvalue weighted by Crippen LogP contribution is 2.26. The van der Waals surface area contributed by atoms with E-state index in [0.29, 0.717) is 12.1 Å². The van der Waals surface area contributed by atoms with Crippen molar-refractivity contribution >= 4 is 18.3 Å². The van der Waals surface area contributed by atoms with Gasteiger partial charge in [-0.05, 0) is 49.3 Å². The fraction of sp³-hybridized carbons (Fsp3) is 0.650. The van der Waals surface area contributed by atoms with E-state index in [1.807, 2.05) is 24.0 Å². The van der Waals surface area contributed by atoms with E-state index in [1.165, 1.54) is 18.4 Å². The van der Waals surface area contributed by atoms with Crippen LogP contribution in [-0.4, -0.2) is 42.1 Å². The van der Waals surface area contributed by atoms with Crippen molar-refractivity contribution in [3.63, 3.8) is 0 Å². The summed E-state index contributed by atoms with van der Waals surface area (Å²) in [6.45, 7) is 10.1. The molecule has 1 N–H and O–H groups in total. The molecule has 4 nitrogen and oxygen atoms in total. The minimum absolute atomic E-state index is 0. The maximum absolute atomic E-state index is 12.8. The number of hydrogen-bond acceptors (Lipinski definition) is 3. The number of amides is 1. The number of carbonyl (C=O) groups is 1. The lowest BCUT2D eigenvalue weighted by molar-refractivity contribution is -0.138. The molecule has 5 heteroatoms. The summed E-state index contributed by atoms with van der Waals surface area (Å²) in [5.41, 5.74) is 1.29. The standard InChI is InChI=1S/C20H30N2O2.ClH/c1-14(24-18-7-5-6-15(12-18)20(2,3)4)19(23)22-11-10-16-8-9-17(13-22)21-16;/h5-7,12,14,16-17,21H,8-11,13H2,1-4H3;1H. The van der Waals surface area contributed by atoms with Crippen LogP contribution in [-0.2, 0) is 10.2 Å². The predicted octanol–water partition coefficient (Wildman–Crippen LogP) is 3.53. The van der Waals surface area contributed by atoms with Gasteiger partial charge in [0.05, 0.1) is 0 Å². The van der Waals surface area contributed by atoms with Crippen LogP contribution in [0.25, 0.3) is 0 Å². The summed E-state index contributed by atoms with van der Waals surface area (Å²) < 4.78 is 5.97. The number of benzene rings is 1. The van der Waals surface area contributed by atoms with Crippen molar-refractivity contribution in [1.29, 1.82) is 0 Å². The van der Waals surface area contributed by atoms with Gasteiger partial charge in [0, 0.05) is 25.2 Å². The quantitative estimate of drug-likeness (QED) is 0.889. The summed E-state index contributed by atoms with van der Waals surface area (Å²) in [4.78, 5) is 14.8. The molecule has 25 heavy (non-hydrogen) atoms. The Morgan fingerprint density at radius 3 is 2.68 bits per heavy atom. The van der Waals surface area contributed by atoms with E-state index in [-0.39, 0.29) is 23.7 Å². The normalized spacial score (nSPS) is 24.2. The van der Waals surface area contributed by atoms with Crippen LogP contribution in [0.3, 0.4) is 0 Å². The second-order valence-corrected chi connectivity index (χ2v) is 8.25. The number of halogens is 1. The van der Waals surface area contributed by atoms with Crippen LogP contribution in [0.2, 0.25) is 0 Å². The second-order valence-electron chi connectivity index (χ2n) is 8.25. The monoisotopic (exact) mass is 366 g/mol. The Kier molecular flexibility index (Phi) is 6.39. The molecule has 1 amide bonds. The summed E-state index contributed by atoms with van der Waals surface area (Å²) in [7, 11) is 0. The van der Waals surface area contributed by atoms with Crippen LogP contribution < -0.4 is 10.1 Å². The van der Waals surface area contributed by atoms with Gasteiger partial charge in [0.15, 0.2) is 6.10 Å². The molecule has 2 bridgehead atoms. The van der Waals surface area contributed by atoms with E-state index < -0.39 is 6.10 Å². The lowest BCUT2D eigenvalue weighted by Crippen LogP contribution is -2.44. The molecular weight excluding hydrogens is 336 g/mol. The Hall–Kier alpha value is -1.26. The molecule has 0 saturated carbocycles. The van der Waals surface area contributed by atoms with Crippen molar-refractivity contribution in [3.8, 4) is 5.75 Å². The van der Waals surface area contributed by atoms with Gasteiger partial charge in [0.25, 0.3) is 5.91 Å². The minimum atomic E-state index is -0.447. The third-order valence-electron chi connectivity index (χ3n) is 5.20. The lowest BCUT2D eigenvalue weighted by atomic mass is 9.87. The summed E-state index contributed by atoms with van der Waals surface area (Å²) in [5.74, 6) is 0.878. The third-order valence-corrected chi connectivity index (χ3v) is 5.20. The maximum Gasteiger partial charge on any atom is 0.263 e. The lowest BCUT2D eigenvalue weighted by Gasteiger charge is -2.27. The van der Waals surface area contributed by atoms with Crippen LogP contribution in [0.15, 0.2) is 24.3 Å². The zero-order valence-corrected chi connectivity index (χ0v) is 16.6. The van der Waals surface area contributed by atoms with Crippen molar-refractivity contribution in [2.24, 2.45) is 0 Å². The molecule has 3 rings (SSSR count). The molecule has 3 unspecified atom stereocenters. The summed E-state index contributed by atoms with van der Waals surface area (Å²) >= 11 is 0. The molecule has 2 aliphatic rings. The first-order valence-corrected chi connectivity index (χ1v) is 9.15. The molecule has 2 fully saturated rings. The second kappa shape index (κ2) is 7.96. The largest absolute Gasteiger partial charge is 0.481 e. The van der Waals surface area contributed by atoms with Crippen molar-refractivity contribution < 1.29 is 9.53 Å². The van der Waals surface area contributed by atoms with Gasteiger partial charge in [-0.2, -0.15) is 0 Å². The van der Waals surface area contributed by atoms with E-state index in [4.69, 9.17) is 4.74 Å². The number of hydrogen-bond donors (Lipinski definition) is 1. The van der Waals surface area contributed by atoms with Gasteiger partial charge < -0.3 is 15.0 Å². The predicted molar refractivity (Wildman–Crippen MR) is 104 cm³/mol. The van der Waals surface area contributed by atoms with Crippen molar-refractivity contribution in [2.45, 2.75) is 70.6 Å². The van der Waals surface area contributed by atoms with E-state index >= 15 is 0 Å². The van der Waals surface area contributed by atoms with Gasteiger partial charge in [0.1, 0.15) is 5.75 Å². The summed E-state index contributed by atoms with van der Waals surface area (Å²) in [5, 5.41) is 3.62. The molecule has 2 heterocycles. The number of carbonyl (C=O) groups excluding carboxylic acids is 1. The molecule has 1 aromatic carbocycles. The van der Waals surface area contributed by atoms with Gasteiger partial charge >= 0.3 is 0 Å². The average Bonchev–Trinajstić information content (AvgIpc) is 2.85. The number of rotatable bonds is 3. The van der Waals surface area contributed by atoms with Crippen LogP contribution in [0.4, 0.5) is 0 Å². The Labute approximate surface area is 157 Å². The fourth-order valence-electron chi connectivity index (χ4n) is 3.69. The molecular formula is C20H31ClN2O2. The molecule has 0 aromatic heterocycles. The number of nitrogens with one attached hydrogen (secondary N) is 1. The zero-order valence-electron chi connectivity index (χ0n) is 15.7. The molecule has 0 radical (unpaired) electrons. The average molecular weight is 367 g/mol. The number of fused-ring (bicyclic) bond motifs is 2. The topological polar surface area (TPSA) is 41.6 Å². The molecule has 0 spiro atoms. The first-order valence-electron chi connectivity index (χ1n) is 9.15. The van der Waals surface area contributed by atoms with Crippen molar-refractivity contribution in [1.82, 2.24) is 10.2 Å². The van der Waals surface area contributed by atoms with Crippen molar-refractivity contribution in [2.75, 3.05) is 13.1 Å². The smallest absolute Gasteiger partial charge is 0.263 e. The molecule has 2 saturated heterocycles. The minimum Gasteiger partial charge on any atom is -0.481 e. The van der Waals surface area contributed by atoms with E-state index in [2.05, 4.69) is 38.2 Å². The van der Waals surface area contributed by atoms with Gasteiger partial charge in [-0.15, -0.1) is 12.4 Å². The van der Waals surface area contributed by atoms with Crippen LogP contribution in [0.5, 0.6) is 5.75 Å². The first kappa shape index (κ1) is 20.1. The van der Waals surface area contributed by atoms with Crippen LogP contribution in [0.1, 0.15) is 52.5 Å². The van der Waals surface area contributed by atoms with Gasteiger partial charge in [-0.1, -0.05) is 32.9 Å². The van der Waals surface area contributed by atoms with E-state index in [1.54, 1.807) is 0 Å². The molecule has 2 aliphatic heterocycles. The molecule has 1 aromatic rings. The zero-order chi connectivity index (χ0) is 17.3.